The van der Waals surface area contributed by atoms with E-state index in [-0.39, 0.29) is 0 Å². The van der Waals surface area contributed by atoms with Crippen LogP contribution in [0, 0.1) is 5.92 Å². The van der Waals surface area contributed by atoms with E-state index < -0.39 is 24.3 Å². The van der Waals surface area contributed by atoms with Crippen molar-refractivity contribution in [1.29, 1.82) is 0 Å². The van der Waals surface area contributed by atoms with Crippen LogP contribution in [0.2, 0.25) is 0 Å². The van der Waals surface area contributed by atoms with E-state index in [2.05, 4.69) is 5.73 Å². The lowest BCUT2D eigenvalue weighted by molar-refractivity contribution is -0.288. The van der Waals surface area contributed by atoms with E-state index in [0.29, 0.717) is 6.92 Å². The molecule has 12 heavy (non-hydrogen) atoms. The molecule has 0 fully saturated rings. The number of hydrogen-bond donors (Lipinski definition) is 1. The van der Waals surface area contributed by atoms with Crippen LogP contribution in [0.25, 0.3) is 0 Å². The van der Waals surface area contributed by atoms with Gasteiger partial charge in [-0.05, 0) is 6.92 Å². The summed E-state index contributed by atoms with van der Waals surface area (Å²) in [6.07, 6.45) is -10.7. The molecule has 0 aliphatic heterocycles. The van der Waals surface area contributed by atoms with E-state index in [0.717, 1.165) is 0 Å². The standard InChI is InChI=1S/C5H7F6N/c1-2(12)3(4(6,7)8)5(9,10)11/h2-3H,12H2,1H3/t2-/m0/s1. The maximum atomic E-state index is 11.7. The maximum Gasteiger partial charge on any atom is 0.401 e. The van der Waals surface area contributed by atoms with Crippen molar-refractivity contribution in [2.75, 3.05) is 0 Å². The molecule has 0 aromatic carbocycles. The Balaban J connectivity index is 4.70. The summed E-state index contributed by atoms with van der Waals surface area (Å²) in [5, 5.41) is 0. The predicted octanol–water partition coefficient (Wildman–Crippen LogP) is 2.07. The molecule has 0 radical (unpaired) electrons. The first-order valence-electron chi connectivity index (χ1n) is 2.96. The van der Waals surface area contributed by atoms with E-state index in [9.17, 15) is 26.3 Å². The second kappa shape index (κ2) is 3.12. The Bertz CT molecular complexity index is 131. The third-order valence-electron chi connectivity index (χ3n) is 1.23. The van der Waals surface area contributed by atoms with Crippen LogP contribution in [0.5, 0.6) is 0 Å². The molecule has 2 N–H and O–H groups in total. The van der Waals surface area contributed by atoms with Crippen LogP contribution in [-0.2, 0) is 0 Å². The van der Waals surface area contributed by atoms with Crippen molar-refractivity contribution < 1.29 is 26.3 Å². The van der Waals surface area contributed by atoms with Crippen LogP contribution in [0.3, 0.4) is 0 Å². The summed E-state index contributed by atoms with van der Waals surface area (Å²) in [6, 6.07) is -1.98. The molecular formula is C5H7F6N. The molecule has 0 heterocycles. The van der Waals surface area contributed by atoms with Gasteiger partial charge in [0.1, 0.15) is 0 Å². The Morgan fingerprint density at radius 1 is 0.917 bits per heavy atom. The van der Waals surface area contributed by atoms with Crippen molar-refractivity contribution >= 4 is 0 Å². The molecule has 1 nitrogen and oxygen atoms in total. The van der Waals surface area contributed by atoms with Gasteiger partial charge in [0.2, 0.25) is 0 Å². The van der Waals surface area contributed by atoms with Crippen molar-refractivity contribution in [3.05, 3.63) is 0 Å². The van der Waals surface area contributed by atoms with Crippen molar-refractivity contribution in [3.8, 4) is 0 Å². The molecule has 0 aliphatic carbocycles. The summed E-state index contributed by atoms with van der Waals surface area (Å²) in [6.45, 7) is 0.672. The number of nitrogens with two attached hydrogens (primary N) is 1. The zero-order chi connectivity index (χ0) is 10.2. The van der Waals surface area contributed by atoms with Gasteiger partial charge in [0.25, 0.3) is 0 Å². The van der Waals surface area contributed by atoms with Gasteiger partial charge in [0, 0.05) is 6.04 Å². The Hall–Kier alpha value is -0.460. The molecule has 0 spiro atoms. The SMILES string of the molecule is C[C@H](N)C(C(F)(F)F)C(F)(F)F. The molecule has 0 saturated heterocycles. The third kappa shape index (κ3) is 2.88. The minimum atomic E-state index is -5.33. The summed E-state index contributed by atoms with van der Waals surface area (Å²) in [5.74, 6) is -3.44. The van der Waals surface area contributed by atoms with Gasteiger partial charge < -0.3 is 5.73 Å². The number of alkyl halides is 6. The van der Waals surface area contributed by atoms with E-state index >= 15 is 0 Å². The lowest BCUT2D eigenvalue weighted by Gasteiger charge is -2.25. The summed E-state index contributed by atoms with van der Waals surface area (Å²) >= 11 is 0. The molecule has 7 heteroatoms. The topological polar surface area (TPSA) is 26.0 Å². The fraction of sp³-hybridized carbons (Fsp3) is 1.00. The van der Waals surface area contributed by atoms with Crippen molar-refractivity contribution in [2.24, 2.45) is 11.7 Å². The van der Waals surface area contributed by atoms with Gasteiger partial charge in [-0.3, -0.25) is 0 Å². The fourth-order valence-corrected chi connectivity index (χ4v) is 0.782. The van der Waals surface area contributed by atoms with Gasteiger partial charge in [0.15, 0.2) is 5.92 Å². The molecule has 0 saturated carbocycles. The van der Waals surface area contributed by atoms with E-state index in [1.54, 1.807) is 0 Å². The van der Waals surface area contributed by atoms with Crippen LogP contribution >= 0.6 is 0 Å². The minimum absolute atomic E-state index is 0.672. The normalized spacial score (nSPS) is 16.8. The fourth-order valence-electron chi connectivity index (χ4n) is 0.782. The second-order valence-corrected chi connectivity index (χ2v) is 2.42. The summed E-state index contributed by atoms with van der Waals surface area (Å²) in [4.78, 5) is 0. The highest BCUT2D eigenvalue weighted by Gasteiger charge is 2.58. The van der Waals surface area contributed by atoms with Gasteiger partial charge in [-0.25, -0.2) is 0 Å². The number of rotatable bonds is 1. The molecule has 0 aromatic heterocycles. The summed E-state index contributed by atoms with van der Waals surface area (Å²) in [5.41, 5.74) is 4.57. The molecule has 74 valence electrons. The minimum Gasteiger partial charge on any atom is -0.327 e. The first kappa shape index (κ1) is 11.5. The lowest BCUT2D eigenvalue weighted by atomic mass is 10.0. The number of hydrogen-bond acceptors (Lipinski definition) is 1. The Kier molecular flexibility index (Phi) is 3.00. The highest BCUT2D eigenvalue weighted by Crippen LogP contribution is 2.40. The lowest BCUT2D eigenvalue weighted by Crippen LogP contribution is -2.47. The molecule has 0 amide bonds. The summed E-state index contributed by atoms with van der Waals surface area (Å²) < 4.78 is 70.0. The molecular weight excluding hydrogens is 188 g/mol. The Morgan fingerprint density at radius 2 is 1.17 bits per heavy atom. The number of halogens is 6. The first-order valence-corrected chi connectivity index (χ1v) is 2.96. The van der Waals surface area contributed by atoms with Crippen LogP contribution in [0.1, 0.15) is 6.92 Å². The van der Waals surface area contributed by atoms with Crippen molar-refractivity contribution in [2.45, 2.75) is 25.3 Å². The Morgan fingerprint density at radius 3 is 1.17 bits per heavy atom. The van der Waals surface area contributed by atoms with Crippen LogP contribution in [0.4, 0.5) is 26.3 Å². The molecule has 0 aliphatic rings. The second-order valence-electron chi connectivity index (χ2n) is 2.42. The molecule has 0 bridgehead atoms. The van der Waals surface area contributed by atoms with Crippen LogP contribution in [0.15, 0.2) is 0 Å². The zero-order valence-corrected chi connectivity index (χ0v) is 6.00. The quantitative estimate of drug-likeness (QED) is 0.637. The smallest absolute Gasteiger partial charge is 0.327 e. The molecule has 1 atom stereocenters. The third-order valence-corrected chi connectivity index (χ3v) is 1.23. The highest BCUT2D eigenvalue weighted by atomic mass is 19.4. The molecule has 0 rings (SSSR count). The molecule has 0 unspecified atom stereocenters. The Labute approximate surface area is 64.5 Å². The molecule has 0 aromatic rings. The van der Waals surface area contributed by atoms with Gasteiger partial charge in [-0.15, -0.1) is 0 Å². The maximum absolute atomic E-state index is 11.7. The van der Waals surface area contributed by atoms with Gasteiger partial charge in [0.05, 0.1) is 0 Å². The van der Waals surface area contributed by atoms with E-state index in [1.807, 2.05) is 0 Å². The van der Waals surface area contributed by atoms with Crippen LogP contribution in [-0.4, -0.2) is 18.4 Å². The monoisotopic (exact) mass is 195 g/mol. The predicted molar refractivity (Wildman–Crippen MR) is 29.2 cm³/mol. The van der Waals surface area contributed by atoms with Crippen molar-refractivity contribution in [1.82, 2.24) is 0 Å². The van der Waals surface area contributed by atoms with Crippen LogP contribution < -0.4 is 5.73 Å². The highest BCUT2D eigenvalue weighted by molar-refractivity contribution is 4.81. The van der Waals surface area contributed by atoms with Gasteiger partial charge in [-0.2, -0.15) is 26.3 Å². The largest absolute Gasteiger partial charge is 0.401 e. The summed E-state index contributed by atoms with van der Waals surface area (Å²) in [7, 11) is 0. The average molecular weight is 195 g/mol. The van der Waals surface area contributed by atoms with E-state index in [1.165, 1.54) is 0 Å². The van der Waals surface area contributed by atoms with E-state index in [4.69, 9.17) is 0 Å². The van der Waals surface area contributed by atoms with Gasteiger partial charge in [-0.1, -0.05) is 0 Å². The zero-order valence-electron chi connectivity index (χ0n) is 6.00. The average Bonchev–Trinajstić information content (AvgIpc) is 1.49. The first-order chi connectivity index (χ1) is 5.07. The van der Waals surface area contributed by atoms with Crippen molar-refractivity contribution in [3.63, 3.8) is 0 Å². The van der Waals surface area contributed by atoms with Gasteiger partial charge >= 0.3 is 12.4 Å².